The molecule has 0 saturated carbocycles. The van der Waals surface area contributed by atoms with Gasteiger partial charge >= 0.3 is 0 Å². The number of aliphatic imine (C=N–C) groups is 1. The monoisotopic (exact) mass is 539 g/mol. The van der Waals surface area contributed by atoms with Crippen LogP contribution in [0.1, 0.15) is 21.5 Å². The van der Waals surface area contributed by atoms with Crippen LogP contribution in [0.4, 0.5) is 0 Å². The number of H-pyrrole nitrogens is 1. The molecule has 0 aliphatic rings. The summed E-state index contributed by atoms with van der Waals surface area (Å²) in [5, 5.41) is 8.52. The molecule has 2 aromatic carbocycles. The molecule has 0 aliphatic carbocycles. The molecule has 0 atom stereocenters. The Bertz CT molecular complexity index is 1010. The van der Waals surface area contributed by atoms with E-state index in [4.69, 9.17) is 11.6 Å². The van der Waals surface area contributed by atoms with Crippen molar-refractivity contribution in [2.75, 3.05) is 27.7 Å². The van der Waals surface area contributed by atoms with Crippen LogP contribution in [0.5, 0.6) is 0 Å². The summed E-state index contributed by atoms with van der Waals surface area (Å²) in [6, 6.07) is 13.5. The van der Waals surface area contributed by atoms with Crippen molar-refractivity contribution in [2.45, 2.75) is 13.0 Å². The molecule has 0 aliphatic heterocycles. The third-order valence-electron chi connectivity index (χ3n) is 4.71. The number of nitrogens with one attached hydrogen (secondary N) is 3. The first-order valence-corrected chi connectivity index (χ1v) is 9.86. The van der Waals surface area contributed by atoms with E-state index in [2.05, 4.69) is 20.6 Å². The van der Waals surface area contributed by atoms with Crippen LogP contribution in [0, 0.1) is 0 Å². The molecule has 0 radical (unpaired) electrons. The number of guanidine groups is 1. The van der Waals surface area contributed by atoms with Gasteiger partial charge in [0.2, 0.25) is 0 Å². The minimum atomic E-state index is 0. The fourth-order valence-electron chi connectivity index (χ4n) is 3.10. The van der Waals surface area contributed by atoms with E-state index < -0.39 is 0 Å². The quantitative estimate of drug-likeness (QED) is 0.251. The summed E-state index contributed by atoms with van der Waals surface area (Å²) in [6.45, 7) is 1.37. The predicted molar refractivity (Wildman–Crippen MR) is 135 cm³/mol. The molecule has 1 amide bonds. The number of aromatic nitrogens is 1. The molecule has 1 heterocycles. The van der Waals surface area contributed by atoms with Gasteiger partial charge in [0.1, 0.15) is 0 Å². The van der Waals surface area contributed by atoms with E-state index in [-0.39, 0.29) is 29.9 Å². The zero-order chi connectivity index (χ0) is 20.8. The zero-order valence-electron chi connectivity index (χ0n) is 17.3. The first-order valence-electron chi connectivity index (χ1n) is 9.48. The second kappa shape index (κ2) is 11.2. The van der Waals surface area contributed by atoms with Gasteiger partial charge in [0.25, 0.3) is 5.91 Å². The van der Waals surface area contributed by atoms with Crippen molar-refractivity contribution in [2.24, 2.45) is 4.99 Å². The van der Waals surface area contributed by atoms with Gasteiger partial charge in [0.15, 0.2) is 5.96 Å². The number of hydrogen-bond donors (Lipinski definition) is 3. The molecule has 6 nitrogen and oxygen atoms in total. The van der Waals surface area contributed by atoms with Gasteiger partial charge in [-0.1, -0.05) is 23.7 Å². The normalized spacial score (nSPS) is 11.1. The van der Waals surface area contributed by atoms with E-state index in [1.165, 1.54) is 5.56 Å². The fourth-order valence-corrected chi connectivity index (χ4v) is 3.27. The molecule has 1 aromatic heterocycles. The van der Waals surface area contributed by atoms with Gasteiger partial charge in [-0.3, -0.25) is 9.79 Å². The number of fused-ring (bicyclic) bond motifs is 1. The molecule has 0 bridgehead atoms. The minimum Gasteiger partial charge on any atom is -0.361 e. The molecule has 3 rings (SSSR count). The van der Waals surface area contributed by atoms with E-state index >= 15 is 0 Å². The first-order chi connectivity index (χ1) is 14.0. The van der Waals surface area contributed by atoms with Crippen molar-refractivity contribution in [1.29, 1.82) is 0 Å². The van der Waals surface area contributed by atoms with Crippen LogP contribution >= 0.6 is 35.6 Å². The van der Waals surface area contributed by atoms with Crippen molar-refractivity contribution in [1.82, 2.24) is 20.5 Å². The largest absolute Gasteiger partial charge is 0.361 e. The lowest BCUT2D eigenvalue weighted by molar-refractivity contribution is 0.0827. The summed E-state index contributed by atoms with van der Waals surface area (Å²) >= 11 is 6.12. The highest BCUT2D eigenvalue weighted by Gasteiger charge is 2.08. The Morgan fingerprint density at radius 1 is 1.13 bits per heavy atom. The highest BCUT2D eigenvalue weighted by molar-refractivity contribution is 14.0. The van der Waals surface area contributed by atoms with Gasteiger partial charge in [-0.2, -0.15) is 0 Å². The zero-order valence-corrected chi connectivity index (χ0v) is 20.4. The van der Waals surface area contributed by atoms with Crippen molar-refractivity contribution >= 4 is 58.3 Å². The minimum absolute atomic E-state index is 0. The number of aromatic amines is 1. The predicted octanol–water partition coefficient (Wildman–Crippen LogP) is 4.05. The number of carbonyl (C=O) groups is 1. The summed E-state index contributed by atoms with van der Waals surface area (Å²) in [6.07, 6.45) is 2.87. The average molecular weight is 540 g/mol. The summed E-state index contributed by atoms with van der Waals surface area (Å²) in [4.78, 5) is 21.1. The van der Waals surface area contributed by atoms with Crippen LogP contribution < -0.4 is 10.6 Å². The van der Waals surface area contributed by atoms with Crippen LogP contribution in [0.15, 0.2) is 53.7 Å². The number of hydrogen-bond acceptors (Lipinski definition) is 2. The molecule has 8 heteroatoms. The van der Waals surface area contributed by atoms with E-state index in [1.54, 1.807) is 26.0 Å². The summed E-state index contributed by atoms with van der Waals surface area (Å²) in [7, 11) is 5.25. The van der Waals surface area contributed by atoms with Crippen molar-refractivity contribution < 1.29 is 4.79 Å². The topological polar surface area (TPSA) is 72.5 Å². The molecule has 3 aromatic rings. The van der Waals surface area contributed by atoms with Crippen molar-refractivity contribution in [3.8, 4) is 0 Å². The van der Waals surface area contributed by atoms with Gasteiger partial charge in [0, 0.05) is 61.9 Å². The van der Waals surface area contributed by atoms with Crippen LogP contribution in [0.3, 0.4) is 0 Å². The number of carbonyl (C=O) groups excluding carboxylic acids is 1. The lowest BCUT2D eigenvalue weighted by Crippen LogP contribution is -2.37. The maximum atomic E-state index is 12.0. The average Bonchev–Trinajstić information content (AvgIpc) is 3.12. The lowest BCUT2D eigenvalue weighted by Gasteiger charge is -2.13. The van der Waals surface area contributed by atoms with Crippen molar-refractivity contribution in [3.63, 3.8) is 0 Å². The Morgan fingerprint density at radius 3 is 2.53 bits per heavy atom. The lowest BCUT2D eigenvalue weighted by atomic mass is 10.1. The third kappa shape index (κ3) is 6.12. The summed E-state index contributed by atoms with van der Waals surface area (Å²) in [5.41, 5.74) is 4.06. The standard InChI is InChI=1S/C22H26ClN5O.HI/c1-24-22(27-13-15-4-6-16(7-5-15)21(29)28(2)3)25-11-10-17-14-26-20-9-8-18(23)12-19(17)20;/h4-9,12,14,26H,10-11,13H2,1-3H3,(H2,24,25,27);1H. The van der Waals surface area contributed by atoms with Gasteiger partial charge in [0.05, 0.1) is 0 Å². The van der Waals surface area contributed by atoms with Gasteiger partial charge < -0.3 is 20.5 Å². The number of amides is 1. The number of nitrogens with zero attached hydrogens (tertiary/aromatic N) is 2. The molecule has 3 N–H and O–H groups in total. The van der Waals surface area contributed by atoms with E-state index in [0.29, 0.717) is 12.1 Å². The van der Waals surface area contributed by atoms with Crippen LogP contribution in [0.25, 0.3) is 10.9 Å². The Kier molecular flexibility index (Phi) is 8.98. The molecular weight excluding hydrogens is 513 g/mol. The van der Waals surface area contributed by atoms with Crippen LogP contribution in [0.2, 0.25) is 5.02 Å². The Hall–Kier alpha value is -2.26. The number of halogens is 2. The SMILES string of the molecule is CN=C(NCCc1c[nH]c2ccc(Cl)cc12)NCc1ccc(C(=O)N(C)C)cc1.I. The van der Waals surface area contributed by atoms with Gasteiger partial charge in [-0.25, -0.2) is 0 Å². The molecule has 30 heavy (non-hydrogen) atoms. The fraction of sp³-hybridized carbons (Fsp3) is 0.273. The number of benzene rings is 2. The maximum absolute atomic E-state index is 12.0. The van der Waals surface area contributed by atoms with Crippen LogP contribution in [-0.2, 0) is 13.0 Å². The first kappa shape index (κ1) is 24.0. The van der Waals surface area contributed by atoms with E-state index in [1.807, 2.05) is 48.7 Å². The number of rotatable bonds is 6. The highest BCUT2D eigenvalue weighted by atomic mass is 127. The van der Waals surface area contributed by atoms with E-state index in [9.17, 15) is 4.79 Å². The second-order valence-electron chi connectivity index (χ2n) is 7.00. The molecular formula is C22H27ClIN5O. The van der Waals surface area contributed by atoms with Gasteiger partial charge in [-0.05, 0) is 47.9 Å². The van der Waals surface area contributed by atoms with Crippen LogP contribution in [-0.4, -0.2) is 49.4 Å². The second-order valence-corrected chi connectivity index (χ2v) is 7.44. The van der Waals surface area contributed by atoms with Gasteiger partial charge in [-0.15, -0.1) is 24.0 Å². The third-order valence-corrected chi connectivity index (χ3v) is 4.94. The molecule has 160 valence electrons. The molecule has 0 fully saturated rings. The molecule has 0 unspecified atom stereocenters. The van der Waals surface area contributed by atoms with Crippen molar-refractivity contribution in [3.05, 3.63) is 70.4 Å². The Morgan fingerprint density at radius 2 is 1.87 bits per heavy atom. The van der Waals surface area contributed by atoms with E-state index in [0.717, 1.165) is 40.4 Å². The molecule has 0 spiro atoms. The maximum Gasteiger partial charge on any atom is 0.253 e. The Balaban J connectivity index is 0.00000320. The highest BCUT2D eigenvalue weighted by Crippen LogP contribution is 2.22. The summed E-state index contributed by atoms with van der Waals surface area (Å²) in [5.74, 6) is 0.733. The molecule has 0 saturated heterocycles. The Labute approximate surface area is 199 Å². The smallest absolute Gasteiger partial charge is 0.253 e. The summed E-state index contributed by atoms with van der Waals surface area (Å²) < 4.78 is 0.